The molecule has 1 rings (SSSR count). The van der Waals surface area contributed by atoms with Crippen molar-refractivity contribution in [3.05, 3.63) is 0 Å². The van der Waals surface area contributed by atoms with E-state index in [0.29, 0.717) is 6.61 Å². The Morgan fingerprint density at radius 1 is 1.67 bits per heavy atom. The van der Waals surface area contributed by atoms with Gasteiger partial charge in [0.25, 0.3) is 0 Å². The average Bonchev–Trinajstić information content (AvgIpc) is 2.18. The number of amides is 1. The average molecular weight is 214 g/mol. The molecule has 1 unspecified atom stereocenters. The van der Waals surface area contributed by atoms with Gasteiger partial charge < -0.3 is 15.8 Å². The second-order valence-electron chi connectivity index (χ2n) is 4.60. The Bertz CT molecular complexity index is 213. The summed E-state index contributed by atoms with van der Waals surface area (Å²) in [4.78, 5) is 11.7. The van der Waals surface area contributed by atoms with Crippen LogP contribution < -0.4 is 11.1 Å². The highest BCUT2D eigenvalue weighted by Gasteiger charge is 2.30. The third-order valence-electron chi connectivity index (χ3n) is 2.80. The van der Waals surface area contributed by atoms with E-state index in [2.05, 4.69) is 5.32 Å². The first kappa shape index (κ1) is 12.5. The van der Waals surface area contributed by atoms with E-state index < -0.39 is 0 Å². The quantitative estimate of drug-likeness (QED) is 0.727. The molecule has 3 N–H and O–H groups in total. The van der Waals surface area contributed by atoms with Crippen LogP contribution in [0.25, 0.3) is 0 Å². The summed E-state index contributed by atoms with van der Waals surface area (Å²) in [5, 5.41) is 2.99. The van der Waals surface area contributed by atoms with Gasteiger partial charge in [0, 0.05) is 6.61 Å². The highest BCUT2D eigenvalue weighted by atomic mass is 16.5. The number of hydrogen-bond donors (Lipinski definition) is 2. The molecule has 0 aliphatic carbocycles. The minimum Gasteiger partial charge on any atom is -0.379 e. The van der Waals surface area contributed by atoms with Crippen LogP contribution in [0.5, 0.6) is 0 Å². The SMILES string of the molecule is CCC[C@H](N)C(=O)NC1(C)CCCOC1. The number of carbonyl (C=O) groups excluding carboxylic acids is 1. The second kappa shape index (κ2) is 5.47. The van der Waals surface area contributed by atoms with Gasteiger partial charge in [-0.15, -0.1) is 0 Å². The van der Waals surface area contributed by atoms with Crippen molar-refractivity contribution >= 4 is 5.91 Å². The highest BCUT2D eigenvalue weighted by molar-refractivity contribution is 5.82. The van der Waals surface area contributed by atoms with Gasteiger partial charge in [0.15, 0.2) is 0 Å². The fraction of sp³-hybridized carbons (Fsp3) is 0.909. The monoisotopic (exact) mass is 214 g/mol. The van der Waals surface area contributed by atoms with E-state index in [1.165, 1.54) is 0 Å². The van der Waals surface area contributed by atoms with Crippen LogP contribution in [0.2, 0.25) is 0 Å². The van der Waals surface area contributed by atoms with Crippen molar-refractivity contribution in [1.82, 2.24) is 5.32 Å². The molecule has 0 radical (unpaired) electrons. The van der Waals surface area contributed by atoms with E-state index in [-0.39, 0.29) is 17.5 Å². The van der Waals surface area contributed by atoms with Crippen LogP contribution in [0.3, 0.4) is 0 Å². The van der Waals surface area contributed by atoms with Gasteiger partial charge in [-0.25, -0.2) is 0 Å². The van der Waals surface area contributed by atoms with E-state index in [9.17, 15) is 4.79 Å². The Hall–Kier alpha value is -0.610. The van der Waals surface area contributed by atoms with Crippen LogP contribution in [0.1, 0.15) is 39.5 Å². The van der Waals surface area contributed by atoms with Crippen molar-refractivity contribution < 1.29 is 9.53 Å². The Balaban J connectivity index is 2.41. The lowest BCUT2D eigenvalue weighted by molar-refractivity contribution is -0.126. The molecule has 0 aromatic rings. The van der Waals surface area contributed by atoms with Crippen LogP contribution >= 0.6 is 0 Å². The first-order chi connectivity index (χ1) is 7.07. The molecule has 1 aliphatic rings. The van der Waals surface area contributed by atoms with Gasteiger partial charge in [-0.1, -0.05) is 13.3 Å². The van der Waals surface area contributed by atoms with E-state index in [1.54, 1.807) is 0 Å². The van der Waals surface area contributed by atoms with Crippen molar-refractivity contribution in [2.24, 2.45) is 5.73 Å². The zero-order valence-corrected chi connectivity index (χ0v) is 9.71. The van der Waals surface area contributed by atoms with Crippen LogP contribution in [0.4, 0.5) is 0 Å². The molecular weight excluding hydrogens is 192 g/mol. The Labute approximate surface area is 91.5 Å². The maximum atomic E-state index is 11.7. The van der Waals surface area contributed by atoms with Crippen LogP contribution in [0.15, 0.2) is 0 Å². The topological polar surface area (TPSA) is 64.4 Å². The Kier molecular flexibility index (Phi) is 4.54. The van der Waals surface area contributed by atoms with Gasteiger partial charge in [-0.3, -0.25) is 4.79 Å². The number of carbonyl (C=O) groups is 1. The highest BCUT2D eigenvalue weighted by Crippen LogP contribution is 2.18. The number of hydrogen-bond acceptors (Lipinski definition) is 3. The molecule has 4 heteroatoms. The predicted octanol–water partition coefficient (Wildman–Crippen LogP) is 0.799. The maximum Gasteiger partial charge on any atom is 0.237 e. The van der Waals surface area contributed by atoms with Crippen LogP contribution in [-0.4, -0.2) is 30.7 Å². The van der Waals surface area contributed by atoms with Gasteiger partial charge >= 0.3 is 0 Å². The lowest BCUT2D eigenvalue weighted by Gasteiger charge is -2.35. The standard InChI is InChI=1S/C11H22N2O2/c1-3-5-9(12)10(14)13-11(2)6-4-7-15-8-11/h9H,3-8,12H2,1-2H3,(H,13,14)/t9-,11?/m0/s1. The summed E-state index contributed by atoms with van der Waals surface area (Å²) in [6.45, 7) is 5.44. The van der Waals surface area contributed by atoms with E-state index >= 15 is 0 Å². The molecule has 15 heavy (non-hydrogen) atoms. The Morgan fingerprint density at radius 2 is 2.40 bits per heavy atom. The molecule has 0 aromatic carbocycles. The Morgan fingerprint density at radius 3 is 2.93 bits per heavy atom. The normalized spacial score (nSPS) is 28.5. The second-order valence-corrected chi connectivity index (χ2v) is 4.60. The van der Waals surface area contributed by atoms with Crippen LogP contribution in [0, 0.1) is 0 Å². The number of nitrogens with one attached hydrogen (secondary N) is 1. The minimum absolute atomic E-state index is 0.0511. The summed E-state index contributed by atoms with van der Waals surface area (Å²) in [6.07, 6.45) is 3.64. The third kappa shape index (κ3) is 3.80. The molecule has 1 amide bonds. The fourth-order valence-electron chi connectivity index (χ4n) is 1.86. The zero-order valence-electron chi connectivity index (χ0n) is 9.71. The first-order valence-electron chi connectivity index (χ1n) is 5.73. The van der Waals surface area contributed by atoms with E-state index in [4.69, 9.17) is 10.5 Å². The van der Waals surface area contributed by atoms with Crippen molar-refractivity contribution in [2.45, 2.75) is 51.1 Å². The predicted molar refractivity (Wildman–Crippen MR) is 59.5 cm³/mol. The molecule has 0 spiro atoms. The molecule has 1 aliphatic heterocycles. The molecule has 0 bridgehead atoms. The summed E-state index contributed by atoms with van der Waals surface area (Å²) >= 11 is 0. The fourth-order valence-corrected chi connectivity index (χ4v) is 1.86. The van der Waals surface area contributed by atoms with Crippen molar-refractivity contribution in [1.29, 1.82) is 0 Å². The molecule has 1 heterocycles. The number of nitrogens with two attached hydrogens (primary N) is 1. The van der Waals surface area contributed by atoms with Crippen LogP contribution in [-0.2, 0) is 9.53 Å². The van der Waals surface area contributed by atoms with E-state index in [0.717, 1.165) is 32.3 Å². The first-order valence-corrected chi connectivity index (χ1v) is 5.73. The van der Waals surface area contributed by atoms with Gasteiger partial charge in [0.05, 0.1) is 18.2 Å². The molecule has 2 atom stereocenters. The molecule has 1 saturated heterocycles. The lowest BCUT2D eigenvalue weighted by atomic mass is 9.94. The zero-order chi connectivity index (χ0) is 11.3. The van der Waals surface area contributed by atoms with Gasteiger partial charge in [0.1, 0.15) is 0 Å². The van der Waals surface area contributed by atoms with Crippen molar-refractivity contribution in [2.75, 3.05) is 13.2 Å². The van der Waals surface area contributed by atoms with E-state index in [1.807, 2.05) is 13.8 Å². The summed E-state index contributed by atoms with van der Waals surface area (Å²) < 4.78 is 5.37. The minimum atomic E-state index is -0.381. The maximum absolute atomic E-state index is 11.7. The molecule has 4 nitrogen and oxygen atoms in total. The summed E-state index contributed by atoms with van der Waals surface area (Å²) in [5.74, 6) is -0.0511. The smallest absolute Gasteiger partial charge is 0.237 e. The summed E-state index contributed by atoms with van der Waals surface area (Å²) in [6, 6.07) is -0.381. The molecular formula is C11H22N2O2. The number of ether oxygens (including phenoxy) is 1. The largest absolute Gasteiger partial charge is 0.379 e. The molecule has 0 aromatic heterocycles. The number of rotatable bonds is 4. The van der Waals surface area contributed by atoms with Crippen molar-refractivity contribution in [3.8, 4) is 0 Å². The third-order valence-corrected chi connectivity index (χ3v) is 2.80. The summed E-state index contributed by atoms with van der Waals surface area (Å²) in [7, 11) is 0. The van der Waals surface area contributed by atoms with Crippen molar-refractivity contribution in [3.63, 3.8) is 0 Å². The molecule has 0 saturated carbocycles. The summed E-state index contributed by atoms with van der Waals surface area (Å²) in [5.41, 5.74) is 5.53. The lowest BCUT2D eigenvalue weighted by Crippen LogP contribution is -2.55. The molecule has 1 fully saturated rings. The van der Waals surface area contributed by atoms with Gasteiger partial charge in [0.2, 0.25) is 5.91 Å². The van der Waals surface area contributed by atoms with Gasteiger partial charge in [-0.2, -0.15) is 0 Å². The van der Waals surface area contributed by atoms with Gasteiger partial charge in [-0.05, 0) is 26.2 Å². The molecule has 88 valence electrons.